The fraction of sp³-hybridized carbons (Fsp3) is 0.157. The van der Waals surface area contributed by atoms with Crippen molar-refractivity contribution in [3.63, 3.8) is 0 Å². The van der Waals surface area contributed by atoms with Crippen molar-refractivity contribution < 1.29 is 131 Å². The number of carbonyl (C=O) groups excluding carboxylic acids is 3. The smallest absolute Gasteiger partial charge is 0.394 e. The molecule has 29 nitrogen and oxygen atoms in total. The fourth-order valence-electron chi connectivity index (χ4n) is 13.3. The lowest BCUT2D eigenvalue weighted by Gasteiger charge is -2.15. The van der Waals surface area contributed by atoms with Crippen LogP contribution in [0.15, 0.2) is 368 Å². The minimum Gasteiger partial charge on any atom is -0.508 e. The molecule has 5 aromatic heterocycles. The highest BCUT2D eigenvalue weighted by Crippen LogP contribution is 2.33. The minimum absolute atomic E-state index is 0.0527. The molecule has 17 aromatic rings. The topological polar surface area (TPSA) is 483 Å². The Hall–Kier alpha value is -16.8. The number of aliphatic hydroxyl groups excluding tert-OH is 3. The Morgan fingerprint density at radius 3 is 0.873 bits per heavy atom. The quantitative estimate of drug-likeness (QED) is 0.00511. The van der Waals surface area contributed by atoms with E-state index < -0.39 is 68.3 Å². The van der Waals surface area contributed by atoms with Crippen molar-refractivity contribution in [2.24, 2.45) is 0 Å². The van der Waals surface area contributed by atoms with E-state index in [0.29, 0.717) is 79.3 Å². The number of phenolic OH excluding ortho intramolecular Hbond substituents is 4. The van der Waals surface area contributed by atoms with E-state index >= 15 is 0 Å². The molecule has 0 bridgehead atoms. The van der Waals surface area contributed by atoms with Crippen LogP contribution in [0.25, 0.3) is 110 Å². The van der Waals surface area contributed by atoms with Gasteiger partial charge < -0.3 is 77.1 Å². The Bertz CT molecular complexity index is 7190. The number of rotatable bonds is 24. The first kappa shape index (κ1) is 109. The third-order valence-corrected chi connectivity index (χ3v) is 19.9. The van der Waals surface area contributed by atoms with Gasteiger partial charge >= 0.3 is 56.4 Å². The monoisotopic (exact) mass is 1960 g/mol. The average Bonchev–Trinajstić information content (AvgIpc) is 0.819. The van der Waals surface area contributed by atoms with Gasteiger partial charge in [0.2, 0.25) is 11.8 Å². The molecule has 0 aliphatic heterocycles. The molecule has 142 heavy (non-hydrogen) atoms. The van der Waals surface area contributed by atoms with Crippen LogP contribution in [0.1, 0.15) is 81.1 Å². The van der Waals surface area contributed by atoms with Gasteiger partial charge in [-0.05, 0) is 162 Å². The standard InChI is InChI=1S/C22H22F2O4.2C17H12O4.2C15H10O3.C8H8O2.C7H14F2O2.C7H6O3.H2O4S/c23-22(24,10-4-12-25)11-5-13-27-18-9-8-17-14-19(16-6-2-1-3-7-16)21(26)28-20(17)15-18;2*1-11(18)20-14-8-7-13-9-15(12-5-3-2-4-6-12)17(19)21-16(13)10-14;2*16-12-7-6-11-8-13(10-4-2-1-3-5-10)15(17)18-14(11)9-12;9-8(10)6-7-4-2-1-3-5-7;8-7(9,3-1-5-10)4-2-6-11;8-4-5-1-2-6(9)3-7(5)10;1-5(2,3)4/h1-3,6-9,14-15,25H,4-5,10-13H2;2*2-10H,1H3;2*1-9,16H;1-5H,6H2,(H,9,10);10-11H,1-6H2;1-4,9-10H;(H2,1,2,3,4). The third-order valence-electron chi connectivity index (χ3n) is 19.9. The van der Waals surface area contributed by atoms with Crippen molar-refractivity contribution in [2.75, 3.05) is 26.4 Å². The van der Waals surface area contributed by atoms with Crippen molar-refractivity contribution in [2.45, 2.75) is 83.5 Å². The molecule has 10 N–H and O–H groups in total. The number of fused-ring (bicyclic) bond motifs is 5. The number of ether oxygens (including phenoxy) is 3. The largest absolute Gasteiger partial charge is 0.508 e. The maximum atomic E-state index is 13.6. The van der Waals surface area contributed by atoms with Crippen LogP contribution >= 0.6 is 0 Å². The Morgan fingerprint density at radius 1 is 0.345 bits per heavy atom. The Kier molecular flexibility index (Phi) is 41.3. The molecule has 17 rings (SSSR count). The number of phenols is 4. The second kappa shape index (κ2) is 53.8. The zero-order valence-electron chi connectivity index (χ0n) is 76.0. The molecule has 0 aliphatic rings. The van der Waals surface area contributed by atoms with Crippen molar-refractivity contribution in [1.29, 1.82) is 0 Å². The zero-order chi connectivity index (χ0) is 103. The number of carboxylic acids is 1. The summed E-state index contributed by atoms with van der Waals surface area (Å²) < 4.78 is 126. The van der Waals surface area contributed by atoms with Gasteiger partial charge in [-0.15, -0.1) is 0 Å². The van der Waals surface area contributed by atoms with Crippen molar-refractivity contribution >= 4 is 89.4 Å². The molecule has 0 aliphatic carbocycles. The van der Waals surface area contributed by atoms with Crippen LogP contribution in [-0.2, 0) is 31.2 Å². The van der Waals surface area contributed by atoms with Gasteiger partial charge in [-0.25, -0.2) is 41.5 Å². The number of hydrogen-bond donors (Lipinski definition) is 10. The Labute approximate surface area is 807 Å². The molecule has 12 aromatic carbocycles. The Balaban J connectivity index is 0.000000183. The first-order chi connectivity index (χ1) is 67.9. The van der Waals surface area contributed by atoms with Gasteiger partial charge in [-0.3, -0.25) is 28.3 Å². The Morgan fingerprint density at radius 2 is 0.599 bits per heavy atom. The van der Waals surface area contributed by atoms with Gasteiger partial charge in [0.1, 0.15) is 68.2 Å². The molecule has 5 heterocycles. The summed E-state index contributed by atoms with van der Waals surface area (Å²) in [6, 6.07) is 92.8. The SMILES string of the molecule is CC(=O)Oc1ccc2cc(-c3ccccc3)c(=O)oc2c1.CC(=O)Oc1ccc2cc(-c3ccccc3)c(=O)oc2c1.O=C(O)Cc1ccccc1.O=Cc1ccc(O)cc1O.O=S(=O)(O)O.O=c1oc2cc(O)ccc2cc1-c1ccccc1.O=c1oc2cc(O)ccc2cc1-c1ccccc1.O=c1oc2cc(OCCCC(F)(F)CCCO)ccc2cc1-c1ccccc1.OCCCC(F)(F)CCCO. The molecule has 0 radical (unpaired) electrons. The molecule has 736 valence electrons. The maximum absolute atomic E-state index is 13.6. The second-order valence-corrected chi connectivity index (χ2v) is 31.7. The lowest BCUT2D eigenvalue weighted by Crippen LogP contribution is -2.17. The normalized spacial score (nSPS) is 10.8. The van der Waals surface area contributed by atoms with Gasteiger partial charge in [-0.2, -0.15) is 8.42 Å². The summed E-state index contributed by atoms with van der Waals surface area (Å²) in [5.74, 6) is -6.06. The van der Waals surface area contributed by atoms with E-state index in [0.717, 1.165) is 66.4 Å². The summed E-state index contributed by atoms with van der Waals surface area (Å²) in [6.07, 6.45) is -0.0418. The number of halogens is 4. The summed E-state index contributed by atoms with van der Waals surface area (Å²) in [5, 5.41) is 73.8. The highest BCUT2D eigenvalue weighted by molar-refractivity contribution is 7.79. The fourth-order valence-corrected chi connectivity index (χ4v) is 13.3. The number of aromatic hydroxyl groups is 4. The van der Waals surface area contributed by atoms with Gasteiger partial charge in [-0.1, -0.05) is 182 Å². The molecule has 34 heteroatoms. The molecular weight excluding hydrogens is 1870 g/mol. The molecule has 0 spiro atoms. The number of aliphatic carboxylic acids is 1. The van der Waals surface area contributed by atoms with Crippen LogP contribution in [0.4, 0.5) is 17.6 Å². The average molecular weight is 1970 g/mol. The maximum Gasteiger partial charge on any atom is 0.394 e. The minimum atomic E-state index is -4.67. The van der Waals surface area contributed by atoms with Crippen molar-refractivity contribution in [3.8, 4) is 95.9 Å². The first-order valence-corrected chi connectivity index (χ1v) is 44.8. The van der Waals surface area contributed by atoms with Gasteiger partial charge in [0.15, 0.2) is 6.29 Å². The molecular formula is C108H96F4O29S. The van der Waals surface area contributed by atoms with Gasteiger partial charge in [0.25, 0.3) is 0 Å². The number of carboxylic acid groups (broad SMARTS) is 1. The number of esters is 2. The number of carbonyl (C=O) groups is 4. The molecule has 0 saturated heterocycles. The first-order valence-electron chi connectivity index (χ1n) is 43.4. The molecule has 0 unspecified atom stereocenters. The van der Waals surface area contributed by atoms with E-state index in [9.17, 15) is 70.9 Å². The van der Waals surface area contributed by atoms with E-state index in [1.807, 2.05) is 170 Å². The lowest BCUT2D eigenvalue weighted by atomic mass is 10.1. The summed E-state index contributed by atoms with van der Waals surface area (Å²) in [5.41, 5.74) is 7.42. The number of aliphatic hydroxyl groups is 3. The molecule has 0 fully saturated rings. The zero-order valence-corrected chi connectivity index (χ0v) is 76.8. The molecule has 0 amide bonds. The van der Waals surface area contributed by atoms with Crippen LogP contribution in [-0.4, -0.2) is 121 Å². The molecule has 0 atom stereocenters. The predicted octanol–water partition coefficient (Wildman–Crippen LogP) is 20.9. The number of hydrogen-bond acceptors (Lipinski definition) is 26. The highest BCUT2D eigenvalue weighted by atomic mass is 32.3. The van der Waals surface area contributed by atoms with Crippen LogP contribution in [0, 0.1) is 0 Å². The molecule has 0 saturated carbocycles. The summed E-state index contributed by atoms with van der Waals surface area (Å²) in [7, 11) is -4.67. The van der Waals surface area contributed by atoms with Gasteiger partial charge in [0.05, 0.1) is 46.4 Å². The van der Waals surface area contributed by atoms with E-state index in [-0.39, 0.29) is 113 Å². The van der Waals surface area contributed by atoms with E-state index in [1.54, 1.807) is 109 Å². The van der Waals surface area contributed by atoms with Crippen LogP contribution < -0.4 is 42.3 Å². The second-order valence-electron chi connectivity index (χ2n) is 30.8. The van der Waals surface area contributed by atoms with E-state index in [1.165, 1.54) is 50.2 Å². The van der Waals surface area contributed by atoms with Crippen molar-refractivity contribution in [3.05, 3.63) is 385 Å². The van der Waals surface area contributed by atoms with Gasteiger partial charge in [0, 0.05) is 123 Å². The summed E-state index contributed by atoms with van der Waals surface area (Å²) >= 11 is 0. The van der Waals surface area contributed by atoms with Crippen LogP contribution in [0.5, 0.6) is 40.2 Å². The third kappa shape index (κ3) is 36.0. The van der Waals surface area contributed by atoms with Crippen LogP contribution in [0.2, 0.25) is 0 Å². The predicted molar refractivity (Wildman–Crippen MR) is 526 cm³/mol. The lowest BCUT2D eigenvalue weighted by molar-refractivity contribution is -0.136. The number of aldehydes is 1. The van der Waals surface area contributed by atoms with E-state index in [4.69, 9.17) is 84.5 Å². The van der Waals surface area contributed by atoms with Crippen LogP contribution in [0.3, 0.4) is 0 Å². The number of alkyl halides is 4. The summed E-state index contributed by atoms with van der Waals surface area (Å²) in [4.78, 5) is 102. The van der Waals surface area contributed by atoms with Crippen molar-refractivity contribution in [1.82, 2.24) is 0 Å². The highest BCUT2D eigenvalue weighted by Gasteiger charge is 2.28. The number of benzene rings is 12. The summed E-state index contributed by atoms with van der Waals surface area (Å²) in [6.45, 7) is 2.13. The van der Waals surface area contributed by atoms with E-state index in [2.05, 4.69) is 0 Å².